The maximum Gasteiger partial charge on any atom is 0.304 e. The molecule has 1 rings (SSSR count). The molecule has 0 aliphatic rings. The monoisotopic (exact) mass is 196 g/mol. The van der Waals surface area contributed by atoms with Gasteiger partial charge in [0, 0.05) is 5.56 Å². The summed E-state index contributed by atoms with van der Waals surface area (Å²) in [5.74, 6) is -2.74. The number of hydrogen-bond donors (Lipinski definition) is 3. The van der Waals surface area contributed by atoms with Crippen molar-refractivity contribution >= 4 is 0 Å². The van der Waals surface area contributed by atoms with Gasteiger partial charge in [-0.25, -0.2) is 0 Å². The predicted octanol–water partition coefficient (Wildman–Crippen LogP) is 1.07. The smallest absolute Gasteiger partial charge is 0.304 e. The van der Waals surface area contributed by atoms with Crippen LogP contribution in [0.3, 0.4) is 0 Å². The van der Waals surface area contributed by atoms with E-state index >= 15 is 0 Å². The summed E-state index contributed by atoms with van der Waals surface area (Å²) < 4.78 is 0. The molecule has 0 spiro atoms. The van der Waals surface area contributed by atoms with Gasteiger partial charge in [-0.15, -0.1) is 0 Å². The highest BCUT2D eigenvalue weighted by Gasteiger charge is 2.22. The molecule has 0 bridgehead atoms. The standard InChI is InChI=1S/C11H16O3/c1-10(2,3)8-4-6-9(7-5-8)11(12,13)14/h4-7,12-14H,1-3H3. The molecule has 3 N–H and O–H groups in total. The van der Waals surface area contributed by atoms with Gasteiger partial charge in [0.15, 0.2) is 0 Å². The molecule has 1 aromatic rings. The zero-order chi connectivity index (χ0) is 11.0. The summed E-state index contributed by atoms with van der Waals surface area (Å²) in [6, 6.07) is 6.54. The van der Waals surface area contributed by atoms with Crippen LogP contribution in [0.1, 0.15) is 31.9 Å². The second kappa shape index (κ2) is 3.35. The van der Waals surface area contributed by atoms with Gasteiger partial charge < -0.3 is 15.3 Å². The molecule has 0 aliphatic heterocycles. The van der Waals surface area contributed by atoms with Gasteiger partial charge in [-0.05, 0) is 11.0 Å². The topological polar surface area (TPSA) is 60.7 Å². The lowest BCUT2D eigenvalue weighted by molar-refractivity contribution is -0.323. The Balaban J connectivity index is 3.02. The zero-order valence-corrected chi connectivity index (χ0v) is 8.65. The van der Waals surface area contributed by atoms with Crippen LogP contribution in [0.25, 0.3) is 0 Å². The number of hydrogen-bond acceptors (Lipinski definition) is 3. The van der Waals surface area contributed by atoms with Crippen LogP contribution < -0.4 is 0 Å². The Hall–Kier alpha value is -0.900. The van der Waals surface area contributed by atoms with Gasteiger partial charge in [0.25, 0.3) is 0 Å². The third-order valence-electron chi connectivity index (χ3n) is 2.14. The molecule has 0 aliphatic carbocycles. The van der Waals surface area contributed by atoms with Gasteiger partial charge in [0.1, 0.15) is 0 Å². The lowest BCUT2D eigenvalue weighted by Crippen LogP contribution is -2.24. The molecular formula is C11H16O3. The molecule has 1 aromatic carbocycles. The van der Waals surface area contributed by atoms with Gasteiger partial charge in [-0.2, -0.15) is 0 Å². The Morgan fingerprint density at radius 2 is 1.14 bits per heavy atom. The highest BCUT2D eigenvalue weighted by molar-refractivity contribution is 5.28. The van der Waals surface area contributed by atoms with Crippen LogP contribution in [0.4, 0.5) is 0 Å². The number of benzene rings is 1. The largest absolute Gasteiger partial charge is 0.340 e. The first-order chi connectivity index (χ1) is 6.21. The predicted molar refractivity (Wildman–Crippen MR) is 53.5 cm³/mol. The summed E-state index contributed by atoms with van der Waals surface area (Å²) in [7, 11) is 0. The SMILES string of the molecule is CC(C)(C)c1ccc(C(O)(O)O)cc1. The molecule has 0 amide bonds. The molecule has 0 unspecified atom stereocenters. The Morgan fingerprint density at radius 3 is 1.43 bits per heavy atom. The van der Waals surface area contributed by atoms with Gasteiger partial charge in [-0.3, -0.25) is 0 Å². The van der Waals surface area contributed by atoms with E-state index in [1.807, 2.05) is 0 Å². The Morgan fingerprint density at radius 1 is 0.786 bits per heavy atom. The van der Waals surface area contributed by atoms with Crippen LogP contribution >= 0.6 is 0 Å². The van der Waals surface area contributed by atoms with Crippen LogP contribution in [0.2, 0.25) is 0 Å². The van der Waals surface area contributed by atoms with E-state index in [0.29, 0.717) is 0 Å². The minimum Gasteiger partial charge on any atom is -0.340 e. The first-order valence-corrected chi connectivity index (χ1v) is 4.49. The molecule has 3 heteroatoms. The Kier molecular flexibility index (Phi) is 2.67. The summed E-state index contributed by atoms with van der Waals surface area (Å²) in [4.78, 5) is 0. The van der Waals surface area contributed by atoms with Crippen LogP contribution in [0, 0.1) is 0 Å². The average molecular weight is 196 g/mol. The van der Waals surface area contributed by atoms with Crippen molar-refractivity contribution in [3.8, 4) is 0 Å². The minimum absolute atomic E-state index is 0.0154. The highest BCUT2D eigenvalue weighted by atomic mass is 16.7. The van der Waals surface area contributed by atoms with Crippen molar-refractivity contribution in [2.75, 3.05) is 0 Å². The molecule has 0 atom stereocenters. The average Bonchev–Trinajstić information content (AvgIpc) is 2.01. The van der Waals surface area contributed by atoms with Crippen molar-refractivity contribution in [2.24, 2.45) is 0 Å². The molecule has 0 radical (unpaired) electrons. The summed E-state index contributed by atoms with van der Waals surface area (Å²) in [5.41, 5.74) is 1.16. The van der Waals surface area contributed by atoms with E-state index in [-0.39, 0.29) is 11.0 Å². The van der Waals surface area contributed by atoms with E-state index in [2.05, 4.69) is 20.8 Å². The van der Waals surface area contributed by atoms with Crippen molar-refractivity contribution in [2.45, 2.75) is 32.2 Å². The van der Waals surface area contributed by atoms with Crippen molar-refractivity contribution in [1.29, 1.82) is 0 Å². The number of rotatable bonds is 1. The van der Waals surface area contributed by atoms with Crippen molar-refractivity contribution in [3.63, 3.8) is 0 Å². The summed E-state index contributed by atoms with van der Waals surface area (Å²) in [6.45, 7) is 6.18. The molecule has 78 valence electrons. The van der Waals surface area contributed by atoms with Gasteiger partial charge in [0.2, 0.25) is 0 Å². The molecular weight excluding hydrogens is 180 g/mol. The van der Waals surface area contributed by atoms with E-state index in [9.17, 15) is 0 Å². The second-order valence-corrected chi connectivity index (χ2v) is 4.46. The molecule has 3 nitrogen and oxygen atoms in total. The summed E-state index contributed by atoms with van der Waals surface area (Å²) in [6.07, 6.45) is 0. The minimum atomic E-state index is -2.74. The van der Waals surface area contributed by atoms with Crippen LogP contribution in [-0.4, -0.2) is 15.3 Å². The van der Waals surface area contributed by atoms with E-state index in [0.717, 1.165) is 5.56 Å². The van der Waals surface area contributed by atoms with Crippen molar-refractivity contribution in [3.05, 3.63) is 35.4 Å². The first-order valence-electron chi connectivity index (χ1n) is 4.49. The second-order valence-electron chi connectivity index (χ2n) is 4.46. The maximum atomic E-state index is 8.89. The van der Waals surface area contributed by atoms with E-state index in [4.69, 9.17) is 15.3 Å². The lowest BCUT2D eigenvalue weighted by atomic mass is 9.86. The maximum absolute atomic E-state index is 8.89. The van der Waals surface area contributed by atoms with E-state index in [1.54, 1.807) is 12.1 Å². The number of aliphatic hydroxyl groups is 3. The van der Waals surface area contributed by atoms with Crippen molar-refractivity contribution < 1.29 is 15.3 Å². The molecule has 14 heavy (non-hydrogen) atoms. The first kappa shape index (κ1) is 11.2. The molecule has 0 fully saturated rings. The fourth-order valence-corrected chi connectivity index (χ4v) is 1.19. The third kappa shape index (κ3) is 2.54. The van der Waals surface area contributed by atoms with Crippen LogP contribution in [-0.2, 0) is 11.4 Å². The Labute approximate surface area is 83.6 Å². The highest BCUT2D eigenvalue weighted by Crippen LogP contribution is 2.24. The molecule has 0 heterocycles. The fourth-order valence-electron chi connectivity index (χ4n) is 1.19. The molecule has 0 saturated heterocycles. The van der Waals surface area contributed by atoms with Gasteiger partial charge in [0.05, 0.1) is 0 Å². The third-order valence-corrected chi connectivity index (χ3v) is 2.14. The fraction of sp³-hybridized carbons (Fsp3) is 0.455. The van der Waals surface area contributed by atoms with E-state index < -0.39 is 5.97 Å². The molecule has 0 saturated carbocycles. The summed E-state index contributed by atoms with van der Waals surface area (Å²) >= 11 is 0. The van der Waals surface area contributed by atoms with E-state index in [1.165, 1.54) is 12.1 Å². The van der Waals surface area contributed by atoms with Crippen LogP contribution in [0.15, 0.2) is 24.3 Å². The normalized spacial score (nSPS) is 13.0. The lowest BCUT2D eigenvalue weighted by Gasteiger charge is -2.20. The van der Waals surface area contributed by atoms with Crippen molar-refractivity contribution in [1.82, 2.24) is 0 Å². The van der Waals surface area contributed by atoms with Crippen LogP contribution in [0.5, 0.6) is 0 Å². The van der Waals surface area contributed by atoms with Gasteiger partial charge in [-0.1, -0.05) is 45.0 Å². The zero-order valence-electron chi connectivity index (χ0n) is 8.65. The quantitative estimate of drug-likeness (QED) is 0.589. The Bertz CT molecular complexity index is 268. The summed E-state index contributed by atoms with van der Waals surface area (Å²) in [5, 5.41) is 26.7. The van der Waals surface area contributed by atoms with Gasteiger partial charge >= 0.3 is 5.97 Å². The molecule has 0 aromatic heterocycles.